The van der Waals surface area contributed by atoms with Gasteiger partial charge in [0, 0.05) is 12.1 Å². The van der Waals surface area contributed by atoms with Gasteiger partial charge in [0.1, 0.15) is 0 Å². The van der Waals surface area contributed by atoms with Crippen LogP contribution in [0.1, 0.15) is 19.8 Å². The predicted molar refractivity (Wildman–Crippen MR) is 76.1 cm³/mol. The lowest BCUT2D eigenvalue weighted by Crippen LogP contribution is -2.35. The number of ether oxygens (including phenoxy) is 2. The van der Waals surface area contributed by atoms with E-state index in [1.807, 2.05) is 6.92 Å². The van der Waals surface area contributed by atoms with Crippen LogP contribution in [0.25, 0.3) is 0 Å². The Morgan fingerprint density at radius 3 is 2.47 bits per heavy atom. The average molecular weight is 287 g/mol. The predicted octanol–water partition coefficient (Wildman–Crippen LogP) is 2.42. The van der Waals surface area contributed by atoms with E-state index in [9.17, 15) is 4.79 Å². The number of hydrogen-bond acceptors (Lipinski definition) is 4. The molecule has 0 heterocycles. The summed E-state index contributed by atoms with van der Waals surface area (Å²) in [5.41, 5.74) is 6.20. The molecule has 0 spiro atoms. The number of carbonyl (C=O) groups excluding carboxylic acids is 1. The van der Waals surface area contributed by atoms with Crippen LogP contribution in [0.3, 0.4) is 0 Å². The standard InChI is InChI=1S/C13H19ClN2O3/c1-4-5-9(15)13(17)16-10-7-12(19-3)11(18-2)6-8(10)14/h6-7,9H,4-5,15H2,1-3H3,(H,16,17)/t9-/m1/s1. The van der Waals surface area contributed by atoms with Crippen LogP contribution in [-0.2, 0) is 4.79 Å². The Balaban J connectivity index is 2.92. The number of nitrogens with two attached hydrogens (primary N) is 1. The van der Waals surface area contributed by atoms with Crippen LogP contribution >= 0.6 is 11.6 Å². The number of benzene rings is 1. The van der Waals surface area contributed by atoms with Crippen molar-refractivity contribution in [2.75, 3.05) is 19.5 Å². The molecule has 0 bridgehead atoms. The van der Waals surface area contributed by atoms with E-state index in [0.29, 0.717) is 28.6 Å². The summed E-state index contributed by atoms with van der Waals surface area (Å²) in [5, 5.41) is 3.06. The van der Waals surface area contributed by atoms with E-state index in [1.165, 1.54) is 14.2 Å². The van der Waals surface area contributed by atoms with Crippen molar-refractivity contribution in [3.8, 4) is 11.5 Å². The molecule has 0 aliphatic carbocycles. The summed E-state index contributed by atoms with van der Waals surface area (Å²) in [5.74, 6) is 0.727. The Hall–Kier alpha value is -1.46. The van der Waals surface area contributed by atoms with E-state index in [2.05, 4.69) is 5.32 Å². The smallest absolute Gasteiger partial charge is 0.241 e. The minimum absolute atomic E-state index is 0.268. The van der Waals surface area contributed by atoms with Crippen LogP contribution in [0.4, 0.5) is 5.69 Å². The summed E-state index contributed by atoms with van der Waals surface area (Å²) in [4.78, 5) is 11.8. The van der Waals surface area contributed by atoms with Gasteiger partial charge in [-0.2, -0.15) is 0 Å². The summed E-state index contributed by atoms with van der Waals surface area (Å²) in [6.45, 7) is 1.97. The van der Waals surface area contributed by atoms with E-state index in [-0.39, 0.29) is 5.91 Å². The number of nitrogens with one attached hydrogen (secondary N) is 1. The van der Waals surface area contributed by atoms with Crippen molar-refractivity contribution in [2.24, 2.45) is 5.73 Å². The molecule has 5 nitrogen and oxygen atoms in total. The summed E-state index contributed by atoms with van der Waals surface area (Å²) >= 11 is 6.07. The zero-order chi connectivity index (χ0) is 14.4. The van der Waals surface area contributed by atoms with Crippen molar-refractivity contribution in [3.63, 3.8) is 0 Å². The lowest BCUT2D eigenvalue weighted by Gasteiger charge is -2.15. The number of hydrogen-bond donors (Lipinski definition) is 2. The average Bonchev–Trinajstić information content (AvgIpc) is 2.40. The van der Waals surface area contributed by atoms with E-state index in [1.54, 1.807) is 12.1 Å². The largest absolute Gasteiger partial charge is 0.493 e. The molecule has 3 N–H and O–H groups in total. The highest BCUT2D eigenvalue weighted by Crippen LogP contribution is 2.36. The van der Waals surface area contributed by atoms with Crippen molar-refractivity contribution in [3.05, 3.63) is 17.2 Å². The molecule has 0 saturated carbocycles. The summed E-state index contributed by atoms with van der Waals surface area (Å²) < 4.78 is 10.3. The lowest BCUT2D eigenvalue weighted by atomic mass is 10.1. The fourth-order valence-electron chi connectivity index (χ4n) is 1.62. The molecule has 6 heteroatoms. The van der Waals surface area contributed by atoms with Crippen molar-refractivity contribution in [1.82, 2.24) is 0 Å². The summed E-state index contributed by atoms with van der Waals surface area (Å²) in [6, 6.07) is 2.65. The molecule has 0 saturated heterocycles. The first-order valence-electron chi connectivity index (χ1n) is 6.01. The highest BCUT2D eigenvalue weighted by Gasteiger charge is 2.16. The number of rotatable bonds is 6. The zero-order valence-electron chi connectivity index (χ0n) is 11.3. The molecule has 1 rings (SSSR count). The number of amides is 1. The first-order valence-corrected chi connectivity index (χ1v) is 6.39. The summed E-state index contributed by atoms with van der Waals surface area (Å²) in [7, 11) is 3.03. The van der Waals surface area contributed by atoms with Gasteiger partial charge in [0.25, 0.3) is 0 Å². The molecule has 0 unspecified atom stereocenters. The van der Waals surface area contributed by atoms with Gasteiger partial charge in [-0.15, -0.1) is 0 Å². The number of anilines is 1. The second-order valence-electron chi connectivity index (χ2n) is 4.07. The highest BCUT2D eigenvalue weighted by atomic mass is 35.5. The van der Waals surface area contributed by atoms with E-state index < -0.39 is 6.04 Å². The molecule has 106 valence electrons. The first-order chi connectivity index (χ1) is 9.03. The highest BCUT2D eigenvalue weighted by molar-refractivity contribution is 6.34. The van der Waals surface area contributed by atoms with Gasteiger partial charge in [0.2, 0.25) is 5.91 Å². The first kappa shape index (κ1) is 15.6. The number of halogens is 1. The van der Waals surface area contributed by atoms with Gasteiger partial charge in [-0.25, -0.2) is 0 Å². The Morgan fingerprint density at radius 1 is 1.37 bits per heavy atom. The molecular formula is C13H19ClN2O3. The third kappa shape index (κ3) is 4.01. The second-order valence-corrected chi connectivity index (χ2v) is 4.48. The van der Waals surface area contributed by atoms with Gasteiger partial charge in [-0.3, -0.25) is 4.79 Å². The van der Waals surface area contributed by atoms with E-state index >= 15 is 0 Å². The molecule has 0 fully saturated rings. The van der Waals surface area contributed by atoms with Crippen LogP contribution < -0.4 is 20.5 Å². The molecule has 0 aliphatic heterocycles. The quantitative estimate of drug-likeness (QED) is 0.842. The molecule has 0 aliphatic rings. The maximum atomic E-state index is 11.8. The monoisotopic (exact) mass is 286 g/mol. The molecule has 1 atom stereocenters. The maximum Gasteiger partial charge on any atom is 0.241 e. The third-order valence-electron chi connectivity index (χ3n) is 2.67. The van der Waals surface area contributed by atoms with Gasteiger partial charge in [0.15, 0.2) is 11.5 Å². The minimum atomic E-state index is -0.547. The number of carbonyl (C=O) groups is 1. The lowest BCUT2D eigenvalue weighted by molar-refractivity contribution is -0.117. The van der Waals surface area contributed by atoms with Gasteiger partial charge in [-0.1, -0.05) is 24.9 Å². The van der Waals surface area contributed by atoms with Crippen molar-refractivity contribution >= 4 is 23.2 Å². The molecule has 0 aromatic heterocycles. The van der Waals surface area contributed by atoms with Crippen molar-refractivity contribution < 1.29 is 14.3 Å². The van der Waals surface area contributed by atoms with Crippen LogP contribution in [0.2, 0.25) is 5.02 Å². The number of methoxy groups -OCH3 is 2. The summed E-state index contributed by atoms with van der Waals surface area (Å²) in [6.07, 6.45) is 1.46. The van der Waals surface area contributed by atoms with Gasteiger partial charge < -0.3 is 20.5 Å². The normalized spacial score (nSPS) is 11.8. The molecule has 1 amide bonds. The fraction of sp³-hybridized carbons (Fsp3) is 0.462. The third-order valence-corrected chi connectivity index (χ3v) is 2.98. The Morgan fingerprint density at radius 2 is 1.95 bits per heavy atom. The van der Waals surface area contributed by atoms with E-state index in [4.69, 9.17) is 26.8 Å². The molecule has 0 radical (unpaired) electrons. The Bertz CT molecular complexity index is 452. The maximum absolute atomic E-state index is 11.8. The van der Waals surface area contributed by atoms with Gasteiger partial charge >= 0.3 is 0 Å². The Kier molecular flexibility index (Phi) is 5.92. The minimum Gasteiger partial charge on any atom is -0.493 e. The topological polar surface area (TPSA) is 73.6 Å². The van der Waals surface area contributed by atoms with Crippen LogP contribution in [-0.4, -0.2) is 26.2 Å². The van der Waals surface area contributed by atoms with Crippen molar-refractivity contribution in [1.29, 1.82) is 0 Å². The van der Waals surface area contributed by atoms with Crippen LogP contribution in [0, 0.1) is 0 Å². The Labute approximate surface area is 118 Å². The van der Waals surface area contributed by atoms with Gasteiger partial charge in [0.05, 0.1) is 31.0 Å². The van der Waals surface area contributed by atoms with E-state index in [0.717, 1.165) is 6.42 Å². The second kappa shape index (κ2) is 7.21. The van der Waals surface area contributed by atoms with Crippen molar-refractivity contribution in [2.45, 2.75) is 25.8 Å². The SMILES string of the molecule is CCC[C@@H](N)C(=O)Nc1cc(OC)c(OC)cc1Cl. The van der Waals surface area contributed by atoms with Gasteiger partial charge in [-0.05, 0) is 6.42 Å². The molecular weight excluding hydrogens is 268 g/mol. The molecule has 1 aromatic rings. The fourth-order valence-corrected chi connectivity index (χ4v) is 1.82. The molecule has 19 heavy (non-hydrogen) atoms. The molecule has 1 aromatic carbocycles. The van der Waals surface area contributed by atoms with Crippen LogP contribution in [0.5, 0.6) is 11.5 Å². The van der Waals surface area contributed by atoms with Crippen LogP contribution in [0.15, 0.2) is 12.1 Å². The zero-order valence-corrected chi connectivity index (χ0v) is 12.1.